The minimum absolute atomic E-state index is 0.238. The number of hydrogen-bond acceptors (Lipinski definition) is 3. The molecule has 1 aromatic heterocycles. The number of fused-ring (bicyclic) bond motifs is 1. The van der Waals surface area contributed by atoms with Crippen molar-refractivity contribution in [3.63, 3.8) is 0 Å². The van der Waals surface area contributed by atoms with Crippen LogP contribution in [0, 0.1) is 5.92 Å². The first-order valence-corrected chi connectivity index (χ1v) is 8.37. The zero-order valence-electron chi connectivity index (χ0n) is 13.5. The lowest BCUT2D eigenvalue weighted by molar-refractivity contribution is 0.246. The molecule has 24 heavy (non-hydrogen) atoms. The van der Waals surface area contributed by atoms with E-state index < -0.39 is 0 Å². The number of nitrogens with zero attached hydrogens (tertiary/aromatic N) is 2. The molecule has 1 aliphatic rings. The van der Waals surface area contributed by atoms with Gasteiger partial charge in [-0.15, -0.1) is 0 Å². The van der Waals surface area contributed by atoms with Crippen LogP contribution in [0.3, 0.4) is 0 Å². The lowest BCUT2D eigenvalue weighted by atomic mass is 10.1. The van der Waals surface area contributed by atoms with Gasteiger partial charge < -0.3 is 10.4 Å². The van der Waals surface area contributed by atoms with Gasteiger partial charge in [0, 0.05) is 30.8 Å². The molecule has 122 valence electrons. The van der Waals surface area contributed by atoms with Crippen LogP contribution in [0.5, 0.6) is 0 Å². The number of benzene rings is 2. The normalized spacial score (nSPS) is 20.0. The molecule has 2 N–H and O–H groups in total. The van der Waals surface area contributed by atoms with Crippen LogP contribution in [0.25, 0.3) is 16.7 Å². The highest BCUT2D eigenvalue weighted by atomic mass is 16.3. The van der Waals surface area contributed by atoms with Crippen molar-refractivity contribution < 1.29 is 5.11 Å². The first-order chi connectivity index (χ1) is 11.8. The van der Waals surface area contributed by atoms with Crippen LogP contribution in [0.1, 0.15) is 12.0 Å². The average molecular weight is 319 g/mol. The van der Waals surface area contributed by atoms with E-state index in [9.17, 15) is 5.11 Å². The third-order valence-electron chi connectivity index (χ3n) is 4.64. The largest absolute Gasteiger partial charge is 0.396 e. The van der Waals surface area contributed by atoms with Gasteiger partial charge in [0.1, 0.15) is 6.33 Å². The van der Waals surface area contributed by atoms with Crippen LogP contribution < -0.4 is 5.32 Å². The Balaban J connectivity index is 1.44. The quantitative estimate of drug-likeness (QED) is 0.711. The molecule has 0 radical (unpaired) electrons. The Hall–Kier alpha value is -2.43. The number of aromatic nitrogens is 2. The number of aliphatic hydroxyl groups excluding tert-OH is 1. The summed E-state index contributed by atoms with van der Waals surface area (Å²) in [5.41, 5.74) is 4.50. The van der Waals surface area contributed by atoms with Crippen molar-refractivity contribution in [3.05, 3.63) is 72.6 Å². The van der Waals surface area contributed by atoms with Gasteiger partial charge in [0.05, 0.1) is 11.0 Å². The van der Waals surface area contributed by atoms with Crippen LogP contribution in [0.15, 0.2) is 67.0 Å². The van der Waals surface area contributed by atoms with Gasteiger partial charge in [-0.25, -0.2) is 4.98 Å². The average Bonchev–Trinajstić information content (AvgIpc) is 3.27. The van der Waals surface area contributed by atoms with Crippen LogP contribution >= 0.6 is 0 Å². The smallest absolute Gasteiger partial charge is 0.100 e. The van der Waals surface area contributed by atoms with E-state index >= 15 is 0 Å². The monoisotopic (exact) mass is 319 g/mol. The fraction of sp³-hybridized carbons (Fsp3) is 0.250. The van der Waals surface area contributed by atoms with Crippen molar-refractivity contribution in [1.82, 2.24) is 14.9 Å². The minimum atomic E-state index is 0.238. The Bertz CT molecular complexity index is 851. The lowest BCUT2D eigenvalue weighted by Crippen LogP contribution is -2.26. The Kier molecular flexibility index (Phi) is 4.15. The number of rotatable bonds is 5. The van der Waals surface area contributed by atoms with Crippen LogP contribution in [-0.2, 0) is 6.54 Å². The molecule has 0 fully saturated rings. The fourth-order valence-electron chi connectivity index (χ4n) is 3.25. The van der Waals surface area contributed by atoms with Crippen molar-refractivity contribution >= 4 is 11.0 Å². The van der Waals surface area contributed by atoms with E-state index in [-0.39, 0.29) is 6.61 Å². The van der Waals surface area contributed by atoms with E-state index in [2.05, 4.69) is 57.4 Å². The molecule has 2 atom stereocenters. The summed E-state index contributed by atoms with van der Waals surface area (Å²) in [5, 5.41) is 12.7. The molecular weight excluding hydrogens is 298 g/mol. The molecule has 1 aliphatic carbocycles. The second kappa shape index (κ2) is 6.59. The number of imidazole rings is 1. The van der Waals surface area contributed by atoms with Gasteiger partial charge >= 0.3 is 0 Å². The molecule has 0 spiro atoms. The third-order valence-corrected chi connectivity index (χ3v) is 4.64. The number of aliphatic hydroxyl groups is 1. The maximum absolute atomic E-state index is 9.18. The third kappa shape index (κ3) is 2.98. The molecule has 3 aromatic rings. The van der Waals surface area contributed by atoms with Gasteiger partial charge in [-0.3, -0.25) is 4.57 Å². The molecule has 2 aromatic carbocycles. The van der Waals surface area contributed by atoms with Crippen LogP contribution in [-0.4, -0.2) is 27.3 Å². The maximum Gasteiger partial charge on any atom is 0.100 e. The fourth-order valence-corrected chi connectivity index (χ4v) is 3.25. The lowest BCUT2D eigenvalue weighted by Gasteiger charge is -2.13. The van der Waals surface area contributed by atoms with E-state index in [4.69, 9.17) is 0 Å². The highest BCUT2D eigenvalue weighted by Crippen LogP contribution is 2.19. The molecule has 0 aliphatic heterocycles. The zero-order valence-corrected chi connectivity index (χ0v) is 13.5. The molecular formula is C20H21N3O. The van der Waals surface area contributed by atoms with Gasteiger partial charge in [-0.1, -0.05) is 36.4 Å². The Morgan fingerprint density at radius 1 is 1.08 bits per heavy atom. The van der Waals surface area contributed by atoms with E-state index in [1.54, 1.807) is 0 Å². The Morgan fingerprint density at radius 3 is 2.71 bits per heavy atom. The summed E-state index contributed by atoms with van der Waals surface area (Å²) in [7, 11) is 0. The van der Waals surface area contributed by atoms with Gasteiger partial charge in [-0.2, -0.15) is 0 Å². The first-order valence-electron chi connectivity index (χ1n) is 8.37. The summed E-state index contributed by atoms with van der Waals surface area (Å²) in [4.78, 5) is 4.44. The van der Waals surface area contributed by atoms with Crippen molar-refractivity contribution in [1.29, 1.82) is 0 Å². The van der Waals surface area contributed by atoms with E-state index in [1.165, 1.54) is 5.56 Å². The highest BCUT2D eigenvalue weighted by molar-refractivity contribution is 5.77. The second-order valence-corrected chi connectivity index (χ2v) is 6.32. The van der Waals surface area contributed by atoms with E-state index in [1.807, 2.05) is 24.5 Å². The summed E-state index contributed by atoms with van der Waals surface area (Å²) in [6.07, 6.45) is 7.11. The molecule has 0 bridgehead atoms. The summed E-state index contributed by atoms with van der Waals surface area (Å²) < 4.78 is 2.11. The molecule has 4 rings (SSSR count). The van der Waals surface area contributed by atoms with Gasteiger partial charge in [0.2, 0.25) is 0 Å². The SMILES string of the molecule is OC[C@H]1C=C[C@@H](NCc2ccc(-n3cnc4ccccc43)cc2)C1. The zero-order chi connectivity index (χ0) is 16.4. The number of nitrogens with one attached hydrogen (secondary N) is 1. The summed E-state index contributed by atoms with van der Waals surface area (Å²) >= 11 is 0. The van der Waals surface area contributed by atoms with E-state index in [0.717, 1.165) is 29.7 Å². The number of hydrogen-bond donors (Lipinski definition) is 2. The van der Waals surface area contributed by atoms with Crippen molar-refractivity contribution in [2.75, 3.05) is 6.61 Å². The molecule has 0 saturated carbocycles. The predicted molar refractivity (Wildman–Crippen MR) is 96.0 cm³/mol. The standard InChI is InChI=1S/C20H21N3O/c24-13-16-5-8-17(11-16)21-12-15-6-9-18(10-7-15)23-14-22-19-3-1-2-4-20(19)23/h1-10,14,16-17,21,24H,11-13H2/t16-,17+/m0/s1. The van der Waals surface area contributed by atoms with Gasteiger partial charge in [0.15, 0.2) is 0 Å². The van der Waals surface area contributed by atoms with Crippen molar-refractivity contribution in [2.24, 2.45) is 5.92 Å². The summed E-state index contributed by atoms with van der Waals surface area (Å²) in [6.45, 7) is 1.07. The van der Waals surface area contributed by atoms with Gasteiger partial charge in [0.25, 0.3) is 0 Å². The number of para-hydroxylation sites is 2. The minimum Gasteiger partial charge on any atom is -0.396 e. The molecule has 4 nitrogen and oxygen atoms in total. The van der Waals surface area contributed by atoms with E-state index in [0.29, 0.717) is 12.0 Å². The van der Waals surface area contributed by atoms with Crippen molar-refractivity contribution in [3.8, 4) is 5.69 Å². The summed E-state index contributed by atoms with van der Waals surface area (Å²) in [6, 6.07) is 17.1. The Morgan fingerprint density at radius 2 is 1.92 bits per heavy atom. The molecule has 0 saturated heterocycles. The molecule has 4 heteroatoms. The van der Waals surface area contributed by atoms with Crippen LogP contribution in [0.2, 0.25) is 0 Å². The maximum atomic E-state index is 9.18. The molecule has 0 amide bonds. The molecule has 1 heterocycles. The highest BCUT2D eigenvalue weighted by Gasteiger charge is 2.17. The first kappa shape index (κ1) is 15.1. The van der Waals surface area contributed by atoms with Gasteiger partial charge in [-0.05, 0) is 36.2 Å². The summed E-state index contributed by atoms with van der Waals surface area (Å²) in [5.74, 6) is 0.305. The molecule has 0 unspecified atom stereocenters. The Labute approximate surface area is 141 Å². The topological polar surface area (TPSA) is 50.1 Å². The predicted octanol–water partition coefficient (Wildman–Crippen LogP) is 3.05. The second-order valence-electron chi connectivity index (χ2n) is 6.32. The van der Waals surface area contributed by atoms with Crippen molar-refractivity contribution in [2.45, 2.75) is 19.0 Å². The van der Waals surface area contributed by atoms with Crippen LogP contribution in [0.4, 0.5) is 0 Å².